The molecule has 1 N–H and O–H groups in total. The number of fused-ring (bicyclic) bond motifs is 1. The van der Waals surface area contributed by atoms with Crippen molar-refractivity contribution in [1.29, 1.82) is 0 Å². The number of anilines is 1. The third kappa shape index (κ3) is 6.26. The second kappa shape index (κ2) is 10.1. The van der Waals surface area contributed by atoms with Crippen LogP contribution in [0.4, 0.5) is 23.8 Å². The Kier molecular flexibility index (Phi) is 7.23. The van der Waals surface area contributed by atoms with Crippen molar-refractivity contribution in [3.8, 4) is 0 Å². The molecule has 11 heteroatoms. The number of alkyl carbamates (subject to hydrolysis) is 1. The molecule has 0 atom stereocenters. The van der Waals surface area contributed by atoms with Gasteiger partial charge in [0, 0.05) is 35.4 Å². The molecule has 6 nitrogen and oxygen atoms in total. The van der Waals surface area contributed by atoms with E-state index in [-0.39, 0.29) is 11.6 Å². The summed E-state index contributed by atoms with van der Waals surface area (Å²) in [5.41, 5.74) is -0.0600. The first-order chi connectivity index (χ1) is 15.8. The van der Waals surface area contributed by atoms with Crippen molar-refractivity contribution in [2.75, 3.05) is 24.5 Å². The highest BCUT2D eigenvalue weighted by atomic mass is 35.5. The highest BCUT2D eigenvalue weighted by molar-refractivity contribution is 7.09. The van der Waals surface area contributed by atoms with Crippen molar-refractivity contribution in [2.45, 2.75) is 32.0 Å². The Balaban J connectivity index is 1.16. The summed E-state index contributed by atoms with van der Waals surface area (Å²) < 4.78 is 42.6. The number of nitrogens with zero attached hydrogens (tertiary/aromatic N) is 3. The highest BCUT2D eigenvalue weighted by Crippen LogP contribution is 2.30. The molecule has 1 aliphatic heterocycles. The van der Waals surface area contributed by atoms with Crippen molar-refractivity contribution in [2.24, 2.45) is 5.92 Å². The molecule has 3 aromatic rings. The van der Waals surface area contributed by atoms with Gasteiger partial charge in [0.05, 0.1) is 5.52 Å². The van der Waals surface area contributed by atoms with E-state index in [1.807, 2.05) is 30.3 Å². The van der Waals surface area contributed by atoms with Gasteiger partial charge in [0.2, 0.25) is 0 Å². The molecule has 0 radical (unpaired) electrons. The van der Waals surface area contributed by atoms with Crippen LogP contribution in [0.1, 0.15) is 30.0 Å². The first kappa shape index (κ1) is 23.6. The number of carbonyl (C=O) groups is 1. The van der Waals surface area contributed by atoms with E-state index in [0.717, 1.165) is 65.8 Å². The van der Waals surface area contributed by atoms with E-state index in [4.69, 9.17) is 21.3 Å². The van der Waals surface area contributed by atoms with Gasteiger partial charge in [-0.1, -0.05) is 11.6 Å². The van der Waals surface area contributed by atoms with Crippen LogP contribution in [-0.4, -0.2) is 35.7 Å². The minimum atomic E-state index is -4.49. The molecule has 1 aromatic carbocycles. The van der Waals surface area contributed by atoms with Crippen molar-refractivity contribution in [1.82, 2.24) is 15.3 Å². The predicted octanol–water partition coefficient (Wildman–Crippen LogP) is 5.90. The van der Waals surface area contributed by atoms with Crippen molar-refractivity contribution >= 4 is 45.8 Å². The average Bonchev–Trinajstić information content (AvgIpc) is 3.28. The molecule has 0 unspecified atom stereocenters. The van der Waals surface area contributed by atoms with E-state index in [1.165, 1.54) is 0 Å². The third-order valence-corrected chi connectivity index (χ3v) is 6.62. The van der Waals surface area contributed by atoms with E-state index < -0.39 is 18.0 Å². The number of amides is 1. The largest absolute Gasteiger partial charge is 0.442 e. The summed E-state index contributed by atoms with van der Waals surface area (Å²) in [5.74, 6) is 1.41. The van der Waals surface area contributed by atoms with Crippen LogP contribution in [-0.2, 0) is 17.5 Å². The molecule has 4 rings (SSSR count). The lowest BCUT2D eigenvalue weighted by Gasteiger charge is -2.33. The van der Waals surface area contributed by atoms with Gasteiger partial charge in [0.25, 0.3) is 0 Å². The summed E-state index contributed by atoms with van der Waals surface area (Å²) in [4.78, 5) is 22.3. The van der Waals surface area contributed by atoms with E-state index in [1.54, 1.807) is 0 Å². The van der Waals surface area contributed by atoms with Gasteiger partial charge in [0.15, 0.2) is 5.69 Å². The van der Waals surface area contributed by atoms with Crippen LogP contribution in [0.25, 0.3) is 10.9 Å². The minimum absolute atomic E-state index is 0.107. The Morgan fingerprint density at radius 3 is 2.73 bits per heavy atom. The van der Waals surface area contributed by atoms with E-state index in [9.17, 15) is 18.0 Å². The van der Waals surface area contributed by atoms with E-state index in [0.29, 0.717) is 17.5 Å². The van der Waals surface area contributed by atoms with E-state index in [2.05, 4.69) is 15.2 Å². The molecular weight excluding hydrogens is 477 g/mol. The fourth-order valence-electron chi connectivity index (χ4n) is 3.78. The Hall–Kier alpha value is -2.59. The quantitative estimate of drug-likeness (QED) is 0.458. The van der Waals surface area contributed by atoms with E-state index >= 15 is 0 Å². The van der Waals surface area contributed by atoms with Crippen molar-refractivity contribution in [3.63, 3.8) is 0 Å². The molecule has 1 fully saturated rings. The van der Waals surface area contributed by atoms with Crippen molar-refractivity contribution < 1.29 is 22.7 Å². The van der Waals surface area contributed by atoms with Crippen LogP contribution in [0.2, 0.25) is 5.02 Å². The Labute approximate surface area is 197 Å². The smallest absolute Gasteiger partial charge is 0.434 e. The molecule has 0 aliphatic carbocycles. The number of hydrogen-bond acceptors (Lipinski definition) is 6. The molecule has 0 bridgehead atoms. The summed E-state index contributed by atoms with van der Waals surface area (Å²) in [6.07, 6.45) is -2.38. The van der Waals surface area contributed by atoms with Gasteiger partial charge in [0.1, 0.15) is 17.4 Å². The number of alkyl halides is 3. The Morgan fingerprint density at radius 1 is 1.21 bits per heavy atom. The zero-order valence-electron chi connectivity index (χ0n) is 17.6. The van der Waals surface area contributed by atoms with Crippen LogP contribution >= 0.6 is 22.9 Å². The number of benzene rings is 1. The van der Waals surface area contributed by atoms with Crippen molar-refractivity contribution in [3.05, 3.63) is 51.4 Å². The molecular formula is C22H22ClF3N4O2S. The normalized spacial score (nSPS) is 15.1. The molecule has 176 valence electrons. The number of nitrogens with one attached hydrogen (secondary N) is 1. The zero-order chi connectivity index (χ0) is 23.4. The van der Waals surface area contributed by atoms with Gasteiger partial charge < -0.3 is 15.0 Å². The average molecular weight is 499 g/mol. The second-order valence-corrected chi connectivity index (χ2v) is 9.23. The fourth-order valence-corrected chi connectivity index (χ4v) is 4.67. The Morgan fingerprint density at radius 2 is 2.00 bits per heavy atom. The number of pyridine rings is 1. The Bertz CT molecular complexity index is 1120. The maximum atomic E-state index is 12.6. The molecule has 1 amide bonds. The lowest BCUT2D eigenvalue weighted by Crippen LogP contribution is -2.35. The standard InChI is InChI=1S/C22H22ClF3N4O2S/c23-16-2-3-17-15(11-16)1-4-19(28-17)30-9-6-14(7-10-30)5-8-27-21(31)32-12-20-29-18(13-33-20)22(24,25)26/h1-4,11,13-14H,5-10,12H2,(H,27,31). The number of thiazole rings is 1. The predicted molar refractivity (Wildman–Crippen MR) is 122 cm³/mol. The maximum absolute atomic E-state index is 12.6. The zero-order valence-corrected chi connectivity index (χ0v) is 19.1. The second-order valence-electron chi connectivity index (χ2n) is 7.85. The lowest BCUT2D eigenvalue weighted by atomic mass is 9.93. The number of rotatable bonds is 6. The topological polar surface area (TPSA) is 67.4 Å². The third-order valence-electron chi connectivity index (χ3n) is 5.57. The van der Waals surface area contributed by atoms with Gasteiger partial charge in [-0.15, -0.1) is 11.3 Å². The molecule has 2 aromatic heterocycles. The summed E-state index contributed by atoms with van der Waals surface area (Å²) in [6.45, 7) is 1.93. The number of carbonyl (C=O) groups excluding carboxylic acids is 1. The summed E-state index contributed by atoms with van der Waals surface area (Å²) in [5, 5.41) is 5.38. The van der Waals surface area contributed by atoms with Gasteiger partial charge in [-0.25, -0.2) is 14.8 Å². The van der Waals surface area contributed by atoms with Gasteiger partial charge in [-0.05, 0) is 55.5 Å². The first-order valence-corrected chi connectivity index (χ1v) is 11.8. The highest BCUT2D eigenvalue weighted by Gasteiger charge is 2.33. The molecule has 1 aliphatic rings. The number of hydrogen-bond donors (Lipinski definition) is 1. The van der Waals surface area contributed by atoms with Gasteiger partial charge >= 0.3 is 12.3 Å². The molecule has 0 saturated carbocycles. The van der Waals surface area contributed by atoms with Gasteiger partial charge in [-0.2, -0.15) is 13.2 Å². The summed E-state index contributed by atoms with van der Waals surface area (Å²) >= 11 is 6.85. The monoisotopic (exact) mass is 498 g/mol. The van der Waals surface area contributed by atoms with Crippen LogP contribution in [0, 0.1) is 5.92 Å². The number of ether oxygens (including phenoxy) is 1. The van der Waals surface area contributed by atoms with Crippen LogP contribution in [0.5, 0.6) is 0 Å². The fraction of sp³-hybridized carbons (Fsp3) is 0.409. The first-order valence-electron chi connectivity index (χ1n) is 10.5. The number of aromatic nitrogens is 2. The molecule has 0 spiro atoms. The SMILES string of the molecule is O=C(NCCC1CCN(c2ccc3cc(Cl)ccc3n2)CC1)OCc1nc(C(F)(F)F)cs1. The molecule has 1 saturated heterocycles. The van der Waals surface area contributed by atoms with Gasteiger partial charge in [-0.3, -0.25) is 0 Å². The molecule has 33 heavy (non-hydrogen) atoms. The maximum Gasteiger partial charge on any atom is 0.434 e. The van der Waals surface area contributed by atoms with Crippen LogP contribution in [0.15, 0.2) is 35.7 Å². The number of halogens is 4. The van der Waals surface area contributed by atoms with Crippen LogP contribution in [0.3, 0.4) is 0 Å². The number of piperidine rings is 1. The molecule has 3 heterocycles. The lowest BCUT2D eigenvalue weighted by molar-refractivity contribution is -0.140. The summed E-state index contributed by atoms with van der Waals surface area (Å²) in [6, 6.07) is 9.69. The summed E-state index contributed by atoms with van der Waals surface area (Å²) in [7, 11) is 0. The minimum Gasteiger partial charge on any atom is -0.442 e. The van der Waals surface area contributed by atoms with Crippen LogP contribution < -0.4 is 10.2 Å².